The van der Waals surface area contributed by atoms with E-state index in [1.807, 2.05) is 29.2 Å². The van der Waals surface area contributed by atoms with Gasteiger partial charge in [0.2, 0.25) is 5.91 Å². The van der Waals surface area contributed by atoms with E-state index in [9.17, 15) is 22.8 Å². The fraction of sp³-hybridized carbons (Fsp3) is 0.515. The summed E-state index contributed by atoms with van der Waals surface area (Å²) in [4.78, 5) is 32.3. The SMILES string of the molecule is COc1ccc(CC(=O)N2CCN(CCN(CC3=CCC4CC3C4(C)C)C(=O)Nc3ccc(C(F)(F)F)cc3)CC2)cc1. The van der Waals surface area contributed by atoms with Gasteiger partial charge in [-0.15, -0.1) is 0 Å². The number of carbonyl (C=O) groups excluding carboxylic acids is 2. The molecule has 4 aliphatic rings. The zero-order valence-corrected chi connectivity index (χ0v) is 25.1. The Morgan fingerprint density at radius 2 is 1.70 bits per heavy atom. The van der Waals surface area contributed by atoms with Gasteiger partial charge in [0.1, 0.15) is 5.75 Å². The third kappa shape index (κ3) is 7.17. The number of carbonyl (C=O) groups is 2. The van der Waals surface area contributed by atoms with Gasteiger partial charge in [-0.3, -0.25) is 9.69 Å². The molecule has 2 atom stereocenters. The molecule has 7 nitrogen and oxygen atoms in total. The second-order valence-corrected chi connectivity index (χ2v) is 12.5. The largest absolute Gasteiger partial charge is 0.497 e. The van der Waals surface area contributed by atoms with Crippen molar-refractivity contribution < 1.29 is 27.5 Å². The Morgan fingerprint density at radius 1 is 1.02 bits per heavy atom. The molecule has 0 spiro atoms. The van der Waals surface area contributed by atoms with E-state index in [-0.39, 0.29) is 17.4 Å². The van der Waals surface area contributed by atoms with Crippen molar-refractivity contribution in [3.05, 3.63) is 71.3 Å². The molecule has 2 aromatic carbocycles. The quantitative estimate of drug-likeness (QED) is 0.364. The molecular formula is C33H41F3N4O3. The lowest BCUT2D eigenvalue weighted by atomic mass is 9.49. The molecule has 1 saturated heterocycles. The fourth-order valence-corrected chi connectivity index (χ4v) is 6.59. The van der Waals surface area contributed by atoms with Gasteiger partial charge in [-0.2, -0.15) is 13.2 Å². The number of nitrogens with zero attached hydrogens (tertiary/aromatic N) is 3. The van der Waals surface area contributed by atoms with E-state index in [0.717, 1.165) is 36.3 Å². The first-order chi connectivity index (χ1) is 20.4. The van der Waals surface area contributed by atoms with Crippen LogP contribution in [0.1, 0.15) is 37.8 Å². The zero-order valence-electron chi connectivity index (χ0n) is 25.1. The molecule has 6 rings (SSSR count). The standard InChI is InChI=1S/C33H41F3N4O3/c1-32(2)26-7-6-24(29(32)21-26)22-40(31(42)37-27-10-8-25(9-11-27)33(34,35)36)19-16-38-14-17-39(18-15-38)30(41)20-23-4-12-28(43-3)13-5-23/h4-6,8-13,26,29H,7,14-22H2,1-3H3,(H,37,42). The number of alkyl halides is 3. The molecule has 1 aliphatic heterocycles. The molecule has 2 bridgehead atoms. The summed E-state index contributed by atoms with van der Waals surface area (Å²) < 4.78 is 44.2. The number of piperazine rings is 1. The van der Waals surface area contributed by atoms with Crippen molar-refractivity contribution in [2.75, 3.05) is 58.2 Å². The number of urea groups is 1. The average Bonchev–Trinajstić information content (AvgIpc) is 2.99. The molecule has 2 fully saturated rings. The lowest BCUT2D eigenvalue weighted by Gasteiger charge is -2.57. The molecule has 0 radical (unpaired) electrons. The Balaban J connectivity index is 1.17. The highest BCUT2D eigenvalue weighted by atomic mass is 19.4. The van der Waals surface area contributed by atoms with Gasteiger partial charge in [0.05, 0.1) is 19.1 Å². The van der Waals surface area contributed by atoms with Crippen LogP contribution < -0.4 is 10.1 Å². The number of hydrogen-bond donors (Lipinski definition) is 1. The minimum absolute atomic E-state index is 0.0908. The van der Waals surface area contributed by atoms with Crippen molar-refractivity contribution in [1.29, 1.82) is 0 Å². The molecule has 3 amide bonds. The molecule has 43 heavy (non-hydrogen) atoms. The Bertz CT molecular complexity index is 1320. The van der Waals surface area contributed by atoms with E-state index in [2.05, 4.69) is 30.1 Å². The number of allylic oxidation sites excluding steroid dienone is 1. The molecule has 1 heterocycles. The molecule has 1 N–H and O–H groups in total. The Morgan fingerprint density at radius 3 is 2.28 bits per heavy atom. The van der Waals surface area contributed by atoms with E-state index < -0.39 is 11.7 Å². The first-order valence-electron chi connectivity index (χ1n) is 15.0. The van der Waals surface area contributed by atoms with E-state index in [4.69, 9.17) is 4.74 Å². The number of hydrogen-bond acceptors (Lipinski definition) is 4. The predicted octanol–water partition coefficient (Wildman–Crippen LogP) is 5.93. The predicted molar refractivity (Wildman–Crippen MR) is 160 cm³/mol. The summed E-state index contributed by atoms with van der Waals surface area (Å²) in [6.07, 6.45) is 0.338. The lowest BCUT2D eigenvalue weighted by molar-refractivity contribution is -0.137. The summed E-state index contributed by atoms with van der Waals surface area (Å²) in [5.41, 5.74) is 2.01. The highest BCUT2D eigenvalue weighted by Crippen LogP contribution is 2.59. The highest BCUT2D eigenvalue weighted by molar-refractivity contribution is 5.89. The Kier molecular flexibility index (Phi) is 9.06. The first kappa shape index (κ1) is 30.9. The van der Waals surface area contributed by atoms with Gasteiger partial charge in [-0.05, 0) is 72.1 Å². The molecule has 2 unspecified atom stereocenters. The summed E-state index contributed by atoms with van der Waals surface area (Å²) in [5.74, 6) is 1.97. The van der Waals surface area contributed by atoms with E-state index in [1.165, 1.54) is 17.7 Å². The first-order valence-corrected chi connectivity index (χ1v) is 15.0. The number of amides is 3. The number of benzene rings is 2. The van der Waals surface area contributed by atoms with Crippen LogP contribution in [0.4, 0.5) is 23.7 Å². The smallest absolute Gasteiger partial charge is 0.416 e. The van der Waals surface area contributed by atoms with Gasteiger partial charge >= 0.3 is 12.2 Å². The molecule has 10 heteroatoms. The third-order valence-electron chi connectivity index (χ3n) is 9.63. The topological polar surface area (TPSA) is 65.1 Å². The van der Waals surface area contributed by atoms with Crippen LogP contribution in [0.2, 0.25) is 0 Å². The number of rotatable bonds is 9. The minimum Gasteiger partial charge on any atom is -0.497 e. The zero-order chi connectivity index (χ0) is 30.8. The van der Waals surface area contributed by atoms with Crippen LogP contribution in [0.3, 0.4) is 0 Å². The van der Waals surface area contributed by atoms with Crippen LogP contribution in [0.25, 0.3) is 0 Å². The van der Waals surface area contributed by atoms with Crippen molar-refractivity contribution in [1.82, 2.24) is 14.7 Å². The molecule has 232 valence electrons. The number of ether oxygens (including phenoxy) is 1. The van der Waals surface area contributed by atoms with Crippen molar-refractivity contribution in [3.63, 3.8) is 0 Å². The molecule has 2 aromatic rings. The number of methoxy groups -OCH3 is 1. The lowest BCUT2D eigenvalue weighted by Crippen LogP contribution is -2.53. The molecule has 1 saturated carbocycles. The third-order valence-corrected chi connectivity index (χ3v) is 9.63. The van der Waals surface area contributed by atoms with Crippen molar-refractivity contribution >= 4 is 17.6 Å². The van der Waals surface area contributed by atoms with Crippen LogP contribution in [-0.2, 0) is 17.4 Å². The monoisotopic (exact) mass is 598 g/mol. The van der Waals surface area contributed by atoms with Crippen molar-refractivity contribution in [2.24, 2.45) is 17.3 Å². The van der Waals surface area contributed by atoms with Crippen LogP contribution in [0, 0.1) is 17.3 Å². The van der Waals surface area contributed by atoms with Crippen LogP contribution in [-0.4, -0.2) is 79.6 Å². The van der Waals surface area contributed by atoms with Gasteiger partial charge in [-0.25, -0.2) is 4.79 Å². The van der Waals surface area contributed by atoms with Gasteiger partial charge in [0.25, 0.3) is 0 Å². The van der Waals surface area contributed by atoms with Gasteiger partial charge in [-0.1, -0.05) is 37.6 Å². The summed E-state index contributed by atoms with van der Waals surface area (Å²) in [6.45, 7) is 8.86. The maximum atomic E-state index is 13.5. The second kappa shape index (κ2) is 12.6. The van der Waals surface area contributed by atoms with Crippen molar-refractivity contribution in [3.8, 4) is 5.75 Å². The number of anilines is 1. The van der Waals surface area contributed by atoms with Crippen LogP contribution >= 0.6 is 0 Å². The molecular weight excluding hydrogens is 557 g/mol. The van der Waals surface area contributed by atoms with E-state index in [0.29, 0.717) is 69.8 Å². The fourth-order valence-electron chi connectivity index (χ4n) is 6.59. The highest BCUT2D eigenvalue weighted by Gasteiger charge is 2.51. The summed E-state index contributed by atoms with van der Waals surface area (Å²) >= 11 is 0. The average molecular weight is 599 g/mol. The molecule has 0 aromatic heterocycles. The Hall–Kier alpha value is -3.53. The molecule has 3 aliphatic carbocycles. The van der Waals surface area contributed by atoms with Crippen molar-refractivity contribution in [2.45, 2.75) is 39.3 Å². The van der Waals surface area contributed by atoms with E-state index >= 15 is 0 Å². The minimum atomic E-state index is -4.43. The number of halogens is 3. The van der Waals surface area contributed by atoms with Gasteiger partial charge < -0.3 is 19.9 Å². The van der Waals surface area contributed by atoms with Crippen LogP contribution in [0.15, 0.2) is 60.2 Å². The second-order valence-electron chi connectivity index (χ2n) is 12.5. The summed E-state index contributed by atoms with van der Waals surface area (Å²) in [5, 5.41) is 2.81. The van der Waals surface area contributed by atoms with Gasteiger partial charge in [0, 0.05) is 51.5 Å². The van der Waals surface area contributed by atoms with Crippen LogP contribution in [0.5, 0.6) is 5.75 Å². The summed E-state index contributed by atoms with van der Waals surface area (Å²) in [6, 6.07) is 11.7. The normalized spacial score (nSPS) is 21.4. The van der Waals surface area contributed by atoms with Gasteiger partial charge in [0.15, 0.2) is 0 Å². The maximum Gasteiger partial charge on any atom is 0.416 e. The maximum absolute atomic E-state index is 13.5. The number of fused-ring (bicyclic) bond motifs is 1. The Labute approximate surface area is 251 Å². The van der Waals surface area contributed by atoms with E-state index in [1.54, 1.807) is 12.0 Å². The summed E-state index contributed by atoms with van der Waals surface area (Å²) in [7, 11) is 1.61. The number of nitrogens with one attached hydrogen (secondary N) is 1.